The quantitative estimate of drug-likeness (QED) is 0.766. The molecule has 4 nitrogen and oxygen atoms in total. The molecule has 1 aliphatic heterocycles. The molecule has 0 unspecified atom stereocenters. The van der Waals surface area contributed by atoms with E-state index in [1.165, 1.54) is 0 Å². The van der Waals surface area contributed by atoms with Gasteiger partial charge in [-0.3, -0.25) is 0 Å². The van der Waals surface area contributed by atoms with Gasteiger partial charge in [0.25, 0.3) is 0 Å². The lowest BCUT2D eigenvalue weighted by Gasteiger charge is -2.32. The highest BCUT2D eigenvalue weighted by molar-refractivity contribution is 5.13. The molecule has 0 saturated carbocycles. The van der Waals surface area contributed by atoms with Crippen LogP contribution in [-0.2, 0) is 16.1 Å². The first kappa shape index (κ1) is 14.5. The van der Waals surface area contributed by atoms with Crippen molar-refractivity contribution in [3.8, 4) is 0 Å². The van der Waals surface area contributed by atoms with Crippen LogP contribution >= 0.6 is 0 Å². The van der Waals surface area contributed by atoms with E-state index in [1.807, 2.05) is 30.3 Å². The molecule has 106 valence electrons. The fourth-order valence-electron chi connectivity index (χ4n) is 2.37. The molecule has 0 radical (unpaired) electrons. The third kappa shape index (κ3) is 4.91. The van der Waals surface area contributed by atoms with E-state index in [1.54, 1.807) is 0 Å². The largest absolute Gasteiger partial charge is 0.394 e. The fourth-order valence-corrected chi connectivity index (χ4v) is 2.37. The van der Waals surface area contributed by atoms with Crippen molar-refractivity contribution in [2.75, 3.05) is 13.2 Å². The smallest absolute Gasteiger partial charge is 0.0834 e. The summed E-state index contributed by atoms with van der Waals surface area (Å²) < 4.78 is 11.3. The van der Waals surface area contributed by atoms with E-state index in [0.717, 1.165) is 12.0 Å². The summed E-state index contributed by atoms with van der Waals surface area (Å²) in [6, 6.07) is 10.0. The van der Waals surface area contributed by atoms with Crippen LogP contribution in [0.25, 0.3) is 0 Å². The SMILES string of the molecule is OC[C@@H]1C[C@H](O)C[C@H](CCOCc2ccccc2)O1. The molecule has 1 aliphatic rings. The molecule has 19 heavy (non-hydrogen) atoms. The van der Waals surface area contributed by atoms with Crippen molar-refractivity contribution in [1.82, 2.24) is 0 Å². The molecule has 1 aromatic carbocycles. The van der Waals surface area contributed by atoms with Gasteiger partial charge in [0.2, 0.25) is 0 Å². The van der Waals surface area contributed by atoms with Gasteiger partial charge in [0.05, 0.1) is 31.5 Å². The number of ether oxygens (including phenoxy) is 2. The molecule has 1 aromatic rings. The van der Waals surface area contributed by atoms with Crippen molar-refractivity contribution < 1.29 is 19.7 Å². The summed E-state index contributed by atoms with van der Waals surface area (Å²) in [5.74, 6) is 0. The molecular formula is C15H22O4. The van der Waals surface area contributed by atoms with E-state index in [4.69, 9.17) is 14.6 Å². The van der Waals surface area contributed by atoms with E-state index < -0.39 is 0 Å². The zero-order chi connectivity index (χ0) is 13.5. The average molecular weight is 266 g/mol. The van der Waals surface area contributed by atoms with Crippen LogP contribution in [0, 0.1) is 0 Å². The van der Waals surface area contributed by atoms with Gasteiger partial charge in [-0.25, -0.2) is 0 Å². The van der Waals surface area contributed by atoms with Crippen LogP contribution in [0.2, 0.25) is 0 Å². The minimum atomic E-state index is -0.370. The molecule has 1 heterocycles. The van der Waals surface area contributed by atoms with E-state index in [-0.39, 0.29) is 24.9 Å². The minimum Gasteiger partial charge on any atom is -0.394 e. The predicted molar refractivity (Wildman–Crippen MR) is 71.7 cm³/mol. The molecule has 3 atom stereocenters. The Morgan fingerprint density at radius 3 is 2.63 bits per heavy atom. The van der Waals surface area contributed by atoms with E-state index >= 15 is 0 Å². The monoisotopic (exact) mass is 266 g/mol. The predicted octanol–water partition coefficient (Wildman–Crippen LogP) is 1.49. The van der Waals surface area contributed by atoms with Gasteiger partial charge in [0, 0.05) is 13.0 Å². The Labute approximate surface area is 114 Å². The van der Waals surface area contributed by atoms with E-state index in [9.17, 15) is 5.11 Å². The first-order valence-corrected chi connectivity index (χ1v) is 6.84. The maximum absolute atomic E-state index is 9.68. The van der Waals surface area contributed by atoms with Crippen molar-refractivity contribution in [2.24, 2.45) is 0 Å². The average Bonchev–Trinajstić information content (AvgIpc) is 2.44. The Kier molecular flexibility index (Phi) is 5.79. The highest BCUT2D eigenvalue weighted by atomic mass is 16.5. The Bertz CT molecular complexity index is 354. The lowest BCUT2D eigenvalue weighted by Crippen LogP contribution is -2.38. The summed E-state index contributed by atoms with van der Waals surface area (Å²) in [4.78, 5) is 0. The Morgan fingerprint density at radius 2 is 1.89 bits per heavy atom. The number of hydrogen-bond donors (Lipinski definition) is 2. The van der Waals surface area contributed by atoms with Gasteiger partial charge < -0.3 is 19.7 Å². The lowest BCUT2D eigenvalue weighted by atomic mass is 10.00. The zero-order valence-corrected chi connectivity index (χ0v) is 11.1. The second kappa shape index (κ2) is 7.60. The summed E-state index contributed by atoms with van der Waals surface area (Å²) in [6.45, 7) is 1.17. The summed E-state index contributed by atoms with van der Waals surface area (Å²) in [5, 5.41) is 18.8. The maximum Gasteiger partial charge on any atom is 0.0834 e. The number of hydrogen-bond acceptors (Lipinski definition) is 4. The molecule has 1 saturated heterocycles. The Morgan fingerprint density at radius 1 is 1.16 bits per heavy atom. The minimum absolute atomic E-state index is 0.0170. The summed E-state index contributed by atoms with van der Waals surface area (Å²) >= 11 is 0. The van der Waals surface area contributed by atoms with Crippen molar-refractivity contribution >= 4 is 0 Å². The third-order valence-electron chi connectivity index (χ3n) is 3.35. The van der Waals surface area contributed by atoms with Gasteiger partial charge in [0.1, 0.15) is 0 Å². The molecule has 0 amide bonds. The Hall–Kier alpha value is -0.940. The highest BCUT2D eigenvalue weighted by Gasteiger charge is 2.27. The fraction of sp³-hybridized carbons (Fsp3) is 0.600. The maximum atomic E-state index is 9.68. The van der Waals surface area contributed by atoms with Crippen LogP contribution in [0.5, 0.6) is 0 Å². The van der Waals surface area contributed by atoms with Crippen molar-refractivity contribution in [3.63, 3.8) is 0 Å². The van der Waals surface area contributed by atoms with Crippen LogP contribution in [0.1, 0.15) is 24.8 Å². The summed E-state index contributed by atoms with van der Waals surface area (Å²) in [7, 11) is 0. The van der Waals surface area contributed by atoms with Gasteiger partial charge >= 0.3 is 0 Å². The van der Waals surface area contributed by atoms with Gasteiger partial charge in [-0.05, 0) is 18.4 Å². The van der Waals surface area contributed by atoms with E-state index in [2.05, 4.69) is 0 Å². The van der Waals surface area contributed by atoms with Gasteiger partial charge in [-0.15, -0.1) is 0 Å². The lowest BCUT2D eigenvalue weighted by molar-refractivity contribution is -0.119. The number of aliphatic hydroxyl groups is 2. The zero-order valence-electron chi connectivity index (χ0n) is 11.1. The van der Waals surface area contributed by atoms with Crippen LogP contribution in [-0.4, -0.2) is 41.7 Å². The first-order valence-electron chi connectivity index (χ1n) is 6.84. The highest BCUT2D eigenvalue weighted by Crippen LogP contribution is 2.21. The Balaban J connectivity index is 1.65. The molecular weight excluding hydrogens is 244 g/mol. The topological polar surface area (TPSA) is 58.9 Å². The van der Waals surface area contributed by atoms with Gasteiger partial charge in [-0.2, -0.15) is 0 Å². The summed E-state index contributed by atoms with van der Waals surface area (Å²) in [6.07, 6.45) is 1.29. The third-order valence-corrected chi connectivity index (χ3v) is 3.35. The van der Waals surface area contributed by atoms with Gasteiger partial charge in [0.15, 0.2) is 0 Å². The second-order valence-electron chi connectivity index (χ2n) is 5.01. The second-order valence-corrected chi connectivity index (χ2v) is 5.01. The van der Waals surface area contributed by atoms with Crippen molar-refractivity contribution in [2.45, 2.75) is 44.2 Å². The van der Waals surface area contributed by atoms with E-state index in [0.29, 0.717) is 26.1 Å². The number of aliphatic hydroxyl groups excluding tert-OH is 2. The molecule has 2 rings (SSSR count). The molecule has 0 bridgehead atoms. The molecule has 0 aliphatic carbocycles. The normalized spacial score (nSPS) is 27.4. The van der Waals surface area contributed by atoms with Gasteiger partial charge in [-0.1, -0.05) is 30.3 Å². The molecule has 1 fully saturated rings. The van der Waals surface area contributed by atoms with Crippen molar-refractivity contribution in [1.29, 1.82) is 0 Å². The van der Waals surface area contributed by atoms with Crippen LogP contribution in [0.15, 0.2) is 30.3 Å². The van der Waals surface area contributed by atoms with Crippen LogP contribution < -0.4 is 0 Å². The van der Waals surface area contributed by atoms with Crippen LogP contribution in [0.4, 0.5) is 0 Å². The molecule has 0 aromatic heterocycles. The number of benzene rings is 1. The molecule has 2 N–H and O–H groups in total. The van der Waals surface area contributed by atoms with Crippen molar-refractivity contribution in [3.05, 3.63) is 35.9 Å². The summed E-state index contributed by atoms with van der Waals surface area (Å²) in [5.41, 5.74) is 1.15. The molecule has 4 heteroatoms. The molecule has 0 spiro atoms. The number of rotatable bonds is 6. The first-order chi connectivity index (χ1) is 9.28. The van der Waals surface area contributed by atoms with Crippen LogP contribution in [0.3, 0.4) is 0 Å². The standard InChI is InChI=1S/C15H22O4/c16-10-15-9-13(17)8-14(19-15)6-7-18-11-12-4-2-1-3-5-12/h1-5,13-17H,6-11H2/t13-,14+,15+/m1/s1.